The summed E-state index contributed by atoms with van der Waals surface area (Å²) < 4.78 is 0. The van der Waals surface area contributed by atoms with Gasteiger partial charge in [0.15, 0.2) is 0 Å². The van der Waals surface area contributed by atoms with Crippen molar-refractivity contribution in [2.75, 3.05) is 10.6 Å². The first-order valence-electron chi connectivity index (χ1n) is 8.22. The quantitative estimate of drug-likeness (QED) is 0.691. The number of carbonyl (C=O) groups is 1. The van der Waals surface area contributed by atoms with Gasteiger partial charge in [-0.1, -0.05) is 48.0 Å². The van der Waals surface area contributed by atoms with Crippen molar-refractivity contribution in [2.24, 2.45) is 0 Å². The molecule has 0 aliphatic rings. The van der Waals surface area contributed by atoms with Crippen LogP contribution in [0.25, 0.3) is 0 Å². The number of nitrogens with one attached hydrogen (secondary N) is 2. The third kappa shape index (κ3) is 4.58. The maximum atomic E-state index is 12.5. The normalized spacial score (nSPS) is 10.4. The van der Waals surface area contributed by atoms with Crippen LogP contribution in [0.3, 0.4) is 0 Å². The fourth-order valence-electron chi connectivity index (χ4n) is 2.43. The second-order valence-corrected chi connectivity index (χ2v) is 6.35. The van der Waals surface area contributed by atoms with Crippen molar-refractivity contribution in [2.45, 2.75) is 20.4 Å². The van der Waals surface area contributed by atoms with Crippen LogP contribution in [-0.4, -0.2) is 15.9 Å². The van der Waals surface area contributed by atoms with Gasteiger partial charge in [-0.15, -0.1) is 0 Å². The summed E-state index contributed by atoms with van der Waals surface area (Å²) in [7, 11) is 0. The molecule has 2 aromatic carbocycles. The first kappa shape index (κ1) is 17.9. The lowest BCUT2D eigenvalue weighted by Crippen LogP contribution is -2.16. The summed E-state index contributed by atoms with van der Waals surface area (Å²) in [6.07, 6.45) is 0. The number of halogens is 1. The molecule has 3 aromatic rings. The van der Waals surface area contributed by atoms with E-state index in [0.717, 1.165) is 11.1 Å². The molecule has 5 nitrogen and oxygen atoms in total. The Bertz CT molecular complexity index is 928. The second kappa shape index (κ2) is 7.97. The van der Waals surface area contributed by atoms with Crippen molar-refractivity contribution in [1.82, 2.24) is 9.97 Å². The zero-order chi connectivity index (χ0) is 18.5. The number of aromatic nitrogens is 2. The van der Waals surface area contributed by atoms with Crippen LogP contribution in [0.5, 0.6) is 0 Å². The molecule has 0 radical (unpaired) electrons. The van der Waals surface area contributed by atoms with E-state index in [-0.39, 0.29) is 5.91 Å². The molecule has 6 heteroatoms. The summed E-state index contributed by atoms with van der Waals surface area (Å²) in [6, 6.07) is 17.0. The van der Waals surface area contributed by atoms with Crippen molar-refractivity contribution in [3.05, 3.63) is 82.3 Å². The second-order valence-electron chi connectivity index (χ2n) is 5.94. The monoisotopic (exact) mass is 366 g/mol. The van der Waals surface area contributed by atoms with Crippen LogP contribution in [0.15, 0.2) is 54.6 Å². The number of rotatable bonds is 5. The van der Waals surface area contributed by atoms with Gasteiger partial charge < -0.3 is 10.6 Å². The lowest BCUT2D eigenvalue weighted by molar-refractivity contribution is 0.102. The molecule has 0 unspecified atom stereocenters. The van der Waals surface area contributed by atoms with Crippen LogP contribution >= 0.6 is 11.6 Å². The maximum Gasteiger partial charge on any atom is 0.274 e. The van der Waals surface area contributed by atoms with Gasteiger partial charge in [0, 0.05) is 23.3 Å². The van der Waals surface area contributed by atoms with E-state index in [9.17, 15) is 4.79 Å². The molecule has 0 saturated heterocycles. The molecule has 0 spiro atoms. The number of hydrogen-bond acceptors (Lipinski definition) is 4. The Balaban J connectivity index is 1.73. The Hall–Kier alpha value is -2.92. The Morgan fingerprint density at radius 3 is 2.54 bits per heavy atom. The first-order chi connectivity index (χ1) is 12.5. The van der Waals surface area contributed by atoms with Crippen LogP contribution in [0.4, 0.5) is 11.5 Å². The van der Waals surface area contributed by atoms with Crippen LogP contribution in [0.1, 0.15) is 27.4 Å². The molecule has 2 N–H and O–H groups in total. The number of benzene rings is 2. The number of carbonyl (C=O) groups excluding carboxylic acids is 1. The van der Waals surface area contributed by atoms with Crippen LogP contribution < -0.4 is 10.6 Å². The Labute approximate surface area is 157 Å². The van der Waals surface area contributed by atoms with Crippen LogP contribution in [0, 0.1) is 13.8 Å². The fraction of sp³-hybridized carbons (Fsp3) is 0.150. The molecule has 3 rings (SSSR count). The fourth-order valence-corrected chi connectivity index (χ4v) is 2.61. The summed E-state index contributed by atoms with van der Waals surface area (Å²) in [5.41, 5.74) is 3.00. The molecule has 0 aliphatic heterocycles. The summed E-state index contributed by atoms with van der Waals surface area (Å²) >= 11 is 6.11. The number of hydrogen-bond donors (Lipinski definition) is 2. The number of anilines is 2. The number of amides is 1. The maximum absolute atomic E-state index is 12.5. The highest BCUT2D eigenvalue weighted by atomic mass is 35.5. The molecule has 1 amide bonds. The summed E-state index contributed by atoms with van der Waals surface area (Å²) in [5, 5.41) is 6.64. The highest BCUT2D eigenvalue weighted by Gasteiger charge is 2.11. The van der Waals surface area contributed by atoms with Gasteiger partial charge >= 0.3 is 0 Å². The lowest BCUT2D eigenvalue weighted by Gasteiger charge is -2.10. The van der Waals surface area contributed by atoms with Gasteiger partial charge in [0.2, 0.25) is 0 Å². The Morgan fingerprint density at radius 1 is 1.04 bits per heavy atom. The summed E-state index contributed by atoms with van der Waals surface area (Å²) in [4.78, 5) is 21.1. The van der Waals surface area contributed by atoms with Gasteiger partial charge in [-0.2, -0.15) is 0 Å². The summed E-state index contributed by atoms with van der Waals surface area (Å²) in [6.45, 7) is 4.28. The predicted octanol–water partition coefficient (Wildman–Crippen LogP) is 4.61. The molecule has 0 saturated carbocycles. The predicted molar refractivity (Wildman–Crippen MR) is 105 cm³/mol. The van der Waals surface area contributed by atoms with Gasteiger partial charge in [0.1, 0.15) is 17.3 Å². The molecule has 26 heavy (non-hydrogen) atoms. The minimum absolute atomic E-state index is 0.296. The Morgan fingerprint density at radius 2 is 1.81 bits per heavy atom. The van der Waals surface area contributed by atoms with Crippen LogP contribution in [0.2, 0.25) is 5.02 Å². The zero-order valence-corrected chi connectivity index (χ0v) is 15.3. The molecular formula is C20H19ClN4O. The highest BCUT2D eigenvalue weighted by molar-refractivity contribution is 6.31. The minimum Gasteiger partial charge on any atom is -0.366 e. The van der Waals surface area contributed by atoms with Crippen molar-refractivity contribution >= 4 is 29.0 Å². The molecule has 0 fully saturated rings. The van der Waals surface area contributed by atoms with Crippen molar-refractivity contribution in [3.8, 4) is 0 Å². The first-order valence-corrected chi connectivity index (χ1v) is 8.60. The molecule has 132 valence electrons. The third-order valence-corrected chi connectivity index (χ3v) is 4.22. The molecule has 0 bridgehead atoms. The molecular weight excluding hydrogens is 348 g/mol. The van der Waals surface area contributed by atoms with E-state index in [2.05, 4.69) is 20.6 Å². The van der Waals surface area contributed by atoms with Gasteiger partial charge in [-0.3, -0.25) is 4.79 Å². The van der Waals surface area contributed by atoms with Gasteiger partial charge in [-0.05, 0) is 37.1 Å². The van der Waals surface area contributed by atoms with E-state index >= 15 is 0 Å². The molecule has 0 aliphatic carbocycles. The standard InChI is InChI=1S/C20H19ClN4O/c1-13-8-9-16(10-17(13)21)25-20(26)18-11-19(24-14(2)23-18)22-12-15-6-4-3-5-7-15/h3-11H,12H2,1-2H3,(H,25,26)(H,22,23,24). The van der Waals surface area contributed by atoms with E-state index in [1.54, 1.807) is 19.1 Å². The van der Waals surface area contributed by atoms with Crippen molar-refractivity contribution in [3.63, 3.8) is 0 Å². The van der Waals surface area contributed by atoms with E-state index in [0.29, 0.717) is 34.6 Å². The van der Waals surface area contributed by atoms with Crippen LogP contribution in [-0.2, 0) is 6.54 Å². The number of aryl methyl sites for hydroxylation is 2. The van der Waals surface area contributed by atoms with Crippen molar-refractivity contribution < 1.29 is 4.79 Å². The van der Waals surface area contributed by atoms with Gasteiger partial charge in [0.05, 0.1) is 0 Å². The number of nitrogens with zero attached hydrogens (tertiary/aromatic N) is 2. The van der Waals surface area contributed by atoms with E-state index < -0.39 is 0 Å². The highest BCUT2D eigenvalue weighted by Crippen LogP contribution is 2.20. The van der Waals surface area contributed by atoms with Crippen molar-refractivity contribution in [1.29, 1.82) is 0 Å². The van der Waals surface area contributed by atoms with Gasteiger partial charge in [-0.25, -0.2) is 9.97 Å². The average Bonchev–Trinajstić information content (AvgIpc) is 2.63. The average molecular weight is 367 g/mol. The topological polar surface area (TPSA) is 66.9 Å². The smallest absolute Gasteiger partial charge is 0.274 e. The summed E-state index contributed by atoms with van der Waals surface area (Å²) in [5.74, 6) is 0.821. The lowest BCUT2D eigenvalue weighted by atomic mass is 10.2. The molecule has 1 aromatic heterocycles. The van der Waals surface area contributed by atoms with Gasteiger partial charge in [0.25, 0.3) is 5.91 Å². The minimum atomic E-state index is -0.307. The Kier molecular flexibility index (Phi) is 5.49. The third-order valence-electron chi connectivity index (χ3n) is 3.82. The van der Waals surface area contributed by atoms with E-state index in [1.807, 2.05) is 49.4 Å². The molecule has 0 atom stereocenters. The van der Waals surface area contributed by atoms with E-state index in [1.165, 1.54) is 0 Å². The SMILES string of the molecule is Cc1nc(NCc2ccccc2)cc(C(=O)Nc2ccc(C)c(Cl)c2)n1. The zero-order valence-electron chi connectivity index (χ0n) is 14.6. The van der Waals surface area contributed by atoms with E-state index in [4.69, 9.17) is 11.6 Å². The molecule has 1 heterocycles. The largest absolute Gasteiger partial charge is 0.366 e.